The number of benzene rings is 1. The molecule has 1 heterocycles. The third kappa shape index (κ3) is 4.02. The van der Waals surface area contributed by atoms with Crippen molar-refractivity contribution < 1.29 is 23.9 Å². The summed E-state index contributed by atoms with van der Waals surface area (Å²) < 4.78 is 5.30. The highest BCUT2D eigenvalue weighted by atomic mass is 79.9. The molecule has 2 bridgehead atoms. The topological polar surface area (TPSA) is 80.8 Å². The summed E-state index contributed by atoms with van der Waals surface area (Å²) in [5, 5.41) is 0. The molecule has 3 aliphatic rings. The minimum Gasteiger partial charge on any atom is -0.456 e. The summed E-state index contributed by atoms with van der Waals surface area (Å²) in [7, 11) is 0. The van der Waals surface area contributed by atoms with Crippen LogP contribution in [0.4, 0.5) is 0 Å². The fourth-order valence-corrected chi connectivity index (χ4v) is 7.53. The number of fused-ring (bicyclic) bond motifs is 5. The predicted molar refractivity (Wildman–Crippen MR) is 124 cm³/mol. The standard InChI is InChI=1S/C22H23Br2NO5S/c1-31-8-7-14(22(29)30-10-15(26)11-5-3-2-4-6-11)25-20(27)16-12-9-13(17(16)21(25)28)19(24)18(12)23/h2-6,12-14,16-19H,7-10H2,1H3/t12-,13+,14-,16+,17-,18+,19-/m1/s1. The Morgan fingerprint density at radius 3 is 2.23 bits per heavy atom. The van der Waals surface area contributed by atoms with Crippen LogP contribution >= 0.6 is 43.6 Å². The molecule has 2 saturated carbocycles. The number of alkyl halides is 2. The van der Waals surface area contributed by atoms with E-state index >= 15 is 0 Å². The van der Waals surface area contributed by atoms with Crippen molar-refractivity contribution in [2.75, 3.05) is 18.6 Å². The summed E-state index contributed by atoms with van der Waals surface area (Å²) in [6.45, 7) is -0.417. The van der Waals surface area contributed by atoms with Crippen molar-refractivity contribution in [1.82, 2.24) is 4.90 Å². The van der Waals surface area contributed by atoms with Gasteiger partial charge in [0.25, 0.3) is 0 Å². The lowest BCUT2D eigenvalue weighted by Crippen LogP contribution is -2.47. The Bertz CT molecular complexity index is 865. The number of hydrogen-bond donors (Lipinski definition) is 0. The summed E-state index contributed by atoms with van der Waals surface area (Å²) in [6, 6.07) is 7.57. The molecule has 2 amide bonds. The summed E-state index contributed by atoms with van der Waals surface area (Å²) in [6.07, 6.45) is 3.04. The maximum Gasteiger partial charge on any atom is 0.329 e. The van der Waals surface area contributed by atoms with E-state index in [9.17, 15) is 19.2 Å². The van der Waals surface area contributed by atoms with E-state index in [1.807, 2.05) is 6.26 Å². The highest BCUT2D eigenvalue weighted by Crippen LogP contribution is 2.60. The number of carbonyl (C=O) groups excluding carboxylic acids is 4. The molecule has 0 N–H and O–H groups in total. The highest BCUT2D eigenvalue weighted by molar-refractivity contribution is 9.12. The molecule has 1 aliphatic heterocycles. The monoisotopic (exact) mass is 571 g/mol. The van der Waals surface area contributed by atoms with E-state index < -0.39 is 18.6 Å². The molecule has 31 heavy (non-hydrogen) atoms. The first kappa shape index (κ1) is 23.0. The third-order valence-electron chi connectivity index (χ3n) is 6.64. The SMILES string of the molecule is CSCC[C@H](C(=O)OCC(=O)c1ccccc1)N1C(=O)[C@@H]2[C@@H]3C[C@@H]([C@H](Br)[C@@H]3Br)[C@@H]2C1=O. The molecule has 1 aromatic carbocycles. The lowest BCUT2D eigenvalue weighted by atomic mass is 9.81. The van der Waals surface area contributed by atoms with Gasteiger partial charge in [-0.3, -0.25) is 19.3 Å². The number of rotatable bonds is 8. The second kappa shape index (κ2) is 9.35. The zero-order valence-corrected chi connectivity index (χ0v) is 20.9. The molecule has 6 nitrogen and oxygen atoms in total. The molecule has 0 radical (unpaired) electrons. The van der Waals surface area contributed by atoms with Crippen LogP contribution in [0.15, 0.2) is 30.3 Å². The van der Waals surface area contributed by atoms with Gasteiger partial charge in [-0.25, -0.2) is 4.79 Å². The van der Waals surface area contributed by atoms with Crippen molar-refractivity contribution >= 4 is 67.2 Å². The Balaban J connectivity index is 1.50. The van der Waals surface area contributed by atoms with Crippen LogP contribution in [0.25, 0.3) is 0 Å². The lowest BCUT2D eigenvalue weighted by Gasteiger charge is -2.28. The van der Waals surface area contributed by atoms with E-state index in [1.54, 1.807) is 30.3 Å². The highest BCUT2D eigenvalue weighted by Gasteiger charge is 2.67. The van der Waals surface area contributed by atoms with Crippen LogP contribution in [-0.2, 0) is 19.1 Å². The summed E-state index contributed by atoms with van der Waals surface area (Å²) in [5.41, 5.74) is 0.446. The summed E-state index contributed by atoms with van der Waals surface area (Å²) in [5.74, 6) is -1.58. The van der Waals surface area contributed by atoms with Gasteiger partial charge < -0.3 is 4.74 Å². The minimum atomic E-state index is -0.997. The Kier molecular flexibility index (Phi) is 6.93. The molecule has 9 heteroatoms. The van der Waals surface area contributed by atoms with Gasteiger partial charge in [0.15, 0.2) is 12.4 Å². The van der Waals surface area contributed by atoms with Gasteiger partial charge in [0.1, 0.15) is 6.04 Å². The van der Waals surface area contributed by atoms with Gasteiger partial charge in [-0.1, -0.05) is 62.2 Å². The molecular formula is C22H23Br2NO5S. The van der Waals surface area contributed by atoms with E-state index in [2.05, 4.69) is 31.9 Å². The zero-order chi connectivity index (χ0) is 22.3. The number of nitrogens with zero attached hydrogens (tertiary/aromatic N) is 1. The van der Waals surface area contributed by atoms with Gasteiger partial charge in [-0.15, -0.1) is 0 Å². The van der Waals surface area contributed by atoms with Gasteiger partial charge in [-0.2, -0.15) is 11.8 Å². The summed E-state index contributed by atoms with van der Waals surface area (Å²) >= 11 is 8.87. The molecule has 4 rings (SSSR count). The number of likely N-dealkylation sites (tertiary alicyclic amines) is 1. The molecule has 2 aliphatic carbocycles. The normalized spacial score (nSPS) is 32.3. The van der Waals surface area contributed by atoms with Gasteiger partial charge in [0.05, 0.1) is 11.8 Å². The number of halogens is 2. The van der Waals surface area contributed by atoms with Crippen LogP contribution in [0.1, 0.15) is 23.2 Å². The second-order valence-electron chi connectivity index (χ2n) is 8.24. The van der Waals surface area contributed by atoms with Crippen LogP contribution in [0.5, 0.6) is 0 Å². The Labute approximate surface area is 202 Å². The fourth-order valence-electron chi connectivity index (χ4n) is 5.20. The molecule has 1 aromatic rings. The Morgan fingerprint density at radius 2 is 1.68 bits per heavy atom. The number of imide groups is 1. The third-order valence-corrected chi connectivity index (χ3v) is 10.5. The number of ether oxygens (including phenoxy) is 1. The molecule has 166 valence electrons. The Morgan fingerprint density at radius 1 is 1.10 bits per heavy atom. The first-order chi connectivity index (χ1) is 14.9. The fraction of sp³-hybridized carbons (Fsp3) is 0.545. The zero-order valence-electron chi connectivity index (χ0n) is 16.9. The number of Topliss-reactive ketones (excluding diaryl/α,β-unsaturated/α-hetero) is 1. The Hall–Kier alpha value is -1.19. The van der Waals surface area contributed by atoms with Crippen molar-refractivity contribution in [3.63, 3.8) is 0 Å². The average Bonchev–Trinajstić information content (AvgIpc) is 3.38. The number of thioether (sulfide) groups is 1. The second-order valence-corrected chi connectivity index (χ2v) is 11.3. The number of esters is 1. The van der Waals surface area contributed by atoms with E-state index in [1.165, 1.54) is 11.8 Å². The van der Waals surface area contributed by atoms with Gasteiger partial charge >= 0.3 is 5.97 Å². The van der Waals surface area contributed by atoms with E-state index in [0.29, 0.717) is 17.7 Å². The molecule has 0 aromatic heterocycles. The van der Waals surface area contributed by atoms with Crippen LogP contribution in [-0.4, -0.2) is 62.8 Å². The van der Waals surface area contributed by atoms with E-state index in [-0.39, 0.29) is 50.9 Å². The van der Waals surface area contributed by atoms with E-state index in [4.69, 9.17) is 4.74 Å². The van der Waals surface area contributed by atoms with Crippen LogP contribution in [0.3, 0.4) is 0 Å². The molecule has 0 spiro atoms. The smallest absolute Gasteiger partial charge is 0.329 e. The van der Waals surface area contributed by atoms with Gasteiger partial charge in [0.2, 0.25) is 11.8 Å². The first-order valence-corrected chi connectivity index (χ1v) is 13.5. The minimum absolute atomic E-state index is 0.0812. The van der Waals surface area contributed by atoms with Crippen molar-refractivity contribution in [3.05, 3.63) is 35.9 Å². The van der Waals surface area contributed by atoms with Crippen LogP contribution in [0, 0.1) is 23.7 Å². The maximum atomic E-state index is 13.3. The first-order valence-electron chi connectivity index (χ1n) is 10.3. The van der Waals surface area contributed by atoms with Crippen molar-refractivity contribution in [2.24, 2.45) is 23.7 Å². The van der Waals surface area contributed by atoms with Crippen LogP contribution < -0.4 is 0 Å². The van der Waals surface area contributed by atoms with Crippen molar-refractivity contribution in [2.45, 2.75) is 28.5 Å². The molecule has 1 saturated heterocycles. The van der Waals surface area contributed by atoms with Crippen molar-refractivity contribution in [3.8, 4) is 0 Å². The van der Waals surface area contributed by atoms with Crippen molar-refractivity contribution in [1.29, 1.82) is 0 Å². The van der Waals surface area contributed by atoms with Gasteiger partial charge in [-0.05, 0) is 36.7 Å². The number of amides is 2. The number of hydrogen-bond acceptors (Lipinski definition) is 6. The largest absolute Gasteiger partial charge is 0.456 e. The molecule has 3 fully saturated rings. The lowest BCUT2D eigenvalue weighted by molar-refractivity contribution is -0.158. The average molecular weight is 573 g/mol. The summed E-state index contributed by atoms with van der Waals surface area (Å²) in [4.78, 5) is 53.3. The quantitative estimate of drug-likeness (QED) is 0.206. The van der Waals surface area contributed by atoms with Crippen LogP contribution in [0.2, 0.25) is 0 Å². The maximum absolute atomic E-state index is 13.3. The number of carbonyl (C=O) groups is 4. The molecule has 0 unspecified atom stereocenters. The predicted octanol–water partition coefficient (Wildman–Crippen LogP) is 3.31. The molecule has 7 atom stereocenters. The van der Waals surface area contributed by atoms with Gasteiger partial charge in [0, 0.05) is 15.2 Å². The van der Waals surface area contributed by atoms with E-state index in [0.717, 1.165) is 11.3 Å². The molecular weight excluding hydrogens is 550 g/mol. The number of ketones is 1.